The molecule has 1 heterocycles. The highest BCUT2D eigenvalue weighted by Crippen LogP contribution is 2.36. The number of aliphatic imine (C=N–C) groups is 1. The molecule has 0 spiro atoms. The SMILES string of the molecule is CCOc1cc(/C=C2\N=C(c3cc(F)c(F)cc3Cl)OC2=O)cc(I)c1OCc1ccccc1C. The molecule has 0 saturated heterocycles. The molecule has 0 N–H and O–H groups in total. The third-order valence-electron chi connectivity index (χ3n) is 5.13. The van der Waals surface area contributed by atoms with Gasteiger partial charge in [0.1, 0.15) is 6.61 Å². The molecular weight excluding hydrogens is 591 g/mol. The van der Waals surface area contributed by atoms with E-state index in [4.69, 9.17) is 25.8 Å². The fourth-order valence-corrected chi connectivity index (χ4v) is 4.38. The van der Waals surface area contributed by atoms with Crippen molar-refractivity contribution < 1.29 is 27.8 Å². The Labute approximate surface area is 219 Å². The van der Waals surface area contributed by atoms with Crippen molar-refractivity contribution >= 4 is 52.1 Å². The zero-order valence-electron chi connectivity index (χ0n) is 18.7. The van der Waals surface area contributed by atoms with Crippen LogP contribution in [0, 0.1) is 22.1 Å². The lowest BCUT2D eigenvalue weighted by molar-refractivity contribution is -0.129. The number of ether oxygens (including phenoxy) is 3. The first-order valence-corrected chi connectivity index (χ1v) is 12.0. The highest BCUT2D eigenvalue weighted by molar-refractivity contribution is 14.1. The highest BCUT2D eigenvalue weighted by Gasteiger charge is 2.27. The lowest BCUT2D eigenvalue weighted by atomic mass is 10.1. The normalized spacial score (nSPS) is 14.2. The van der Waals surface area contributed by atoms with Crippen molar-refractivity contribution in [2.24, 2.45) is 4.99 Å². The van der Waals surface area contributed by atoms with E-state index in [2.05, 4.69) is 27.6 Å². The van der Waals surface area contributed by atoms with Gasteiger partial charge in [-0.3, -0.25) is 0 Å². The molecule has 35 heavy (non-hydrogen) atoms. The van der Waals surface area contributed by atoms with E-state index in [1.54, 1.807) is 6.07 Å². The van der Waals surface area contributed by atoms with Crippen molar-refractivity contribution in [3.05, 3.63) is 96.7 Å². The maximum atomic E-state index is 13.7. The second-order valence-corrected chi connectivity index (χ2v) is 9.13. The Balaban J connectivity index is 1.64. The van der Waals surface area contributed by atoms with E-state index in [0.717, 1.165) is 26.8 Å². The number of rotatable bonds is 7. The number of cyclic esters (lactones) is 1. The largest absolute Gasteiger partial charge is 0.490 e. The van der Waals surface area contributed by atoms with E-state index >= 15 is 0 Å². The van der Waals surface area contributed by atoms with Gasteiger partial charge in [-0.15, -0.1) is 0 Å². The number of esters is 1. The maximum absolute atomic E-state index is 13.7. The Morgan fingerprint density at radius 3 is 2.60 bits per heavy atom. The average Bonchev–Trinajstić information content (AvgIpc) is 3.16. The molecule has 5 nitrogen and oxygen atoms in total. The summed E-state index contributed by atoms with van der Waals surface area (Å²) in [7, 11) is 0. The van der Waals surface area contributed by atoms with Crippen LogP contribution in [-0.4, -0.2) is 18.5 Å². The number of carbonyl (C=O) groups excluding carboxylic acids is 1. The quantitative estimate of drug-likeness (QED) is 0.127. The van der Waals surface area contributed by atoms with E-state index in [-0.39, 0.29) is 22.2 Å². The second-order valence-electron chi connectivity index (χ2n) is 7.56. The van der Waals surface area contributed by atoms with Gasteiger partial charge in [-0.2, -0.15) is 0 Å². The molecule has 4 rings (SSSR count). The Bertz CT molecular complexity index is 1370. The average molecular weight is 610 g/mol. The fourth-order valence-electron chi connectivity index (χ4n) is 3.36. The number of hydrogen-bond donors (Lipinski definition) is 0. The summed E-state index contributed by atoms with van der Waals surface area (Å²) in [5.74, 6) is -2.08. The highest BCUT2D eigenvalue weighted by atomic mass is 127. The standard InChI is InChI=1S/C26H19ClF2INO4/c1-3-33-23-10-15(8-21(30)24(23)34-13-16-7-5-4-6-14(16)2)9-22-26(32)35-25(31-22)17-11-19(28)20(29)12-18(17)27/h4-12H,3,13H2,1-2H3/b22-9-. The summed E-state index contributed by atoms with van der Waals surface area (Å²) in [6.07, 6.45) is 1.51. The van der Waals surface area contributed by atoms with Crippen LogP contribution >= 0.6 is 34.2 Å². The van der Waals surface area contributed by atoms with E-state index in [0.29, 0.717) is 30.3 Å². The molecule has 0 amide bonds. The van der Waals surface area contributed by atoms with Gasteiger partial charge in [-0.1, -0.05) is 35.9 Å². The monoisotopic (exact) mass is 609 g/mol. The molecule has 0 radical (unpaired) electrons. The molecular formula is C26H19ClF2INO4. The molecule has 0 atom stereocenters. The fraction of sp³-hybridized carbons (Fsp3) is 0.154. The topological polar surface area (TPSA) is 57.1 Å². The first-order chi connectivity index (χ1) is 16.8. The first kappa shape index (κ1) is 25.1. The summed E-state index contributed by atoms with van der Waals surface area (Å²) < 4.78 is 44.9. The van der Waals surface area contributed by atoms with Crippen LogP contribution in [0.1, 0.15) is 29.2 Å². The minimum atomic E-state index is -1.13. The molecule has 0 saturated carbocycles. The summed E-state index contributed by atoms with van der Waals surface area (Å²) in [5, 5.41) is -0.125. The van der Waals surface area contributed by atoms with Crippen LogP contribution in [0.25, 0.3) is 6.08 Å². The first-order valence-electron chi connectivity index (χ1n) is 10.6. The summed E-state index contributed by atoms with van der Waals surface area (Å²) in [6.45, 7) is 4.67. The van der Waals surface area contributed by atoms with Crippen LogP contribution in [0.15, 0.2) is 59.2 Å². The summed E-state index contributed by atoms with van der Waals surface area (Å²) >= 11 is 8.12. The molecule has 0 unspecified atom stereocenters. The molecule has 0 fully saturated rings. The predicted molar refractivity (Wildman–Crippen MR) is 138 cm³/mol. The molecule has 0 aliphatic carbocycles. The van der Waals surface area contributed by atoms with E-state index in [9.17, 15) is 13.6 Å². The van der Waals surface area contributed by atoms with Crippen LogP contribution < -0.4 is 9.47 Å². The number of nitrogens with zero attached hydrogens (tertiary/aromatic N) is 1. The Morgan fingerprint density at radius 1 is 1.11 bits per heavy atom. The molecule has 180 valence electrons. The molecule has 1 aliphatic heterocycles. The van der Waals surface area contributed by atoms with Gasteiger partial charge in [0.15, 0.2) is 28.8 Å². The Hall–Kier alpha value is -2.98. The minimum Gasteiger partial charge on any atom is -0.490 e. The molecule has 3 aromatic carbocycles. The van der Waals surface area contributed by atoms with Gasteiger partial charge >= 0.3 is 5.97 Å². The van der Waals surface area contributed by atoms with Crippen LogP contribution in [0.5, 0.6) is 11.5 Å². The second kappa shape index (κ2) is 10.7. The number of hydrogen-bond acceptors (Lipinski definition) is 5. The molecule has 9 heteroatoms. The van der Waals surface area contributed by atoms with Crippen molar-refractivity contribution in [1.29, 1.82) is 0 Å². The summed E-state index contributed by atoms with van der Waals surface area (Å²) in [5.41, 5.74) is 2.76. The van der Waals surface area contributed by atoms with Gasteiger partial charge < -0.3 is 14.2 Å². The number of aryl methyl sites for hydroxylation is 1. The van der Waals surface area contributed by atoms with Crippen molar-refractivity contribution in [1.82, 2.24) is 0 Å². The number of halogens is 4. The Kier molecular flexibility index (Phi) is 7.71. The zero-order chi connectivity index (χ0) is 25.1. The van der Waals surface area contributed by atoms with Crippen molar-refractivity contribution in [2.75, 3.05) is 6.61 Å². The van der Waals surface area contributed by atoms with E-state index in [1.807, 2.05) is 44.2 Å². The Morgan fingerprint density at radius 2 is 1.86 bits per heavy atom. The molecule has 0 aromatic heterocycles. The van der Waals surface area contributed by atoms with Crippen molar-refractivity contribution in [3.8, 4) is 11.5 Å². The van der Waals surface area contributed by atoms with E-state index < -0.39 is 17.6 Å². The third-order valence-corrected chi connectivity index (χ3v) is 6.24. The van der Waals surface area contributed by atoms with Crippen LogP contribution in [0.2, 0.25) is 5.02 Å². The van der Waals surface area contributed by atoms with Gasteiger partial charge in [0.2, 0.25) is 5.90 Å². The summed E-state index contributed by atoms with van der Waals surface area (Å²) in [4.78, 5) is 16.5. The van der Waals surface area contributed by atoms with Gasteiger partial charge in [0, 0.05) is 0 Å². The van der Waals surface area contributed by atoms with Crippen molar-refractivity contribution in [2.45, 2.75) is 20.5 Å². The zero-order valence-corrected chi connectivity index (χ0v) is 21.6. The van der Waals surface area contributed by atoms with Gasteiger partial charge in [-0.05, 0) is 83.5 Å². The van der Waals surface area contributed by atoms with Crippen LogP contribution in [-0.2, 0) is 16.1 Å². The van der Waals surface area contributed by atoms with Gasteiger partial charge in [-0.25, -0.2) is 18.6 Å². The molecule has 3 aromatic rings. The number of benzene rings is 3. The van der Waals surface area contributed by atoms with E-state index in [1.165, 1.54) is 6.08 Å². The van der Waals surface area contributed by atoms with Crippen LogP contribution in [0.4, 0.5) is 8.78 Å². The maximum Gasteiger partial charge on any atom is 0.363 e. The van der Waals surface area contributed by atoms with Crippen molar-refractivity contribution in [3.63, 3.8) is 0 Å². The van der Waals surface area contributed by atoms with Gasteiger partial charge in [0.05, 0.1) is 20.8 Å². The predicted octanol–water partition coefficient (Wildman–Crippen LogP) is 6.85. The number of carbonyl (C=O) groups is 1. The lowest BCUT2D eigenvalue weighted by Crippen LogP contribution is -2.07. The summed E-state index contributed by atoms with van der Waals surface area (Å²) in [6, 6.07) is 13.1. The molecule has 0 bridgehead atoms. The molecule has 1 aliphatic rings. The third kappa shape index (κ3) is 5.65. The minimum absolute atomic E-state index is 0.0207. The van der Waals surface area contributed by atoms with Crippen LogP contribution in [0.3, 0.4) is 0 Å². The van der Waals surface area contributed by atoms with Gasteiger partial charge in [0.25, 0.3) is 0 Å². The lowest BCUT2D eigenvalue weighted by Gasteiger charge is -2.15. The smallest absolute Gasteiger partial charge is 0.363 e.